The highest BCUT2D eigenvalue weighted by Crippen LogP contribution is 2.29. The fourth-order valence-corrected chi connectivity index (χ4v) is 2.47. The highest BCUT2D eigenvalue weighted by Gasteiger charge is 2.15. The molecule has 3 nitrogen and oxygen atoms in total. The maximum atomic E-state index is 12.0. The molecule has 0 bridgehead atoms. The van der Waals surface area contributed by atoms with Crippen molar-refractivity contribution < 1.29 is 8.83 Å². The van der Waals surface area contributed by atoms with E-state index in [0.29, 0.717) is 16.6 Å². The summed E-state index contributed by atoms with van der Waals surface area (Å²) in [7, 11) is 0. The molecule has 2 aromatic heterocycles. The molecule has 0 aliphatic rings. The highest BCUT2D eigenvalue weighted by molar-refractivity contribution is 6.02. The second kappa shape index (κ2) is 3.73. The van der Waals surface area contributed by atoms with Gasteiger partial charge in [-0.05, 0) is 37.5 Å². The van der Waals surface area contributed by atoms with Gasteiger partial charge >= 0.3 is 5.63 Å². The van der Waals surface area contributed by atoms with E-state index in [-0.39, 0.29) is 5.63 Å². The topological polar surface area (TPSA) is 43.4 Å². The van der Waals surface area contributed by atoms with Crippen molar-refractivity contribution in [3.63, 3.8) is 0 Å². The van der Waals surface area contributed by atoms with Crippen molar-refractivity contribution >= 4 is 21.9 Å². The predicted molar refractivity (Wildman–Crippen MR) is 71.1 cm³/mol. The smallest absolute Gasteiger partial charge is 0.347 e. The standard InChI is InChI=1S/C15H14O3/c1-4-10-5-6-11-13(9(10)3)18-15(16)12-8(2)7-17-14(11)12/h5-7H,4H2,1-3H3. The number of hydrogen-bond acceptors (Lipinski definition) is 3. The Kier molecular flexibility index (Phi) is 2.30. The minimum atomic E-state index is -0.319. The van der Waals surface area contributed by atoms with Crippen molar-refractivity contribution in [2.75, 3.05) is 0 Å². The largest absolute Gasteiger partial charge is 0.463 e. The van der Waals surface area contributed by atoms with Crippen molar-refractivity contribution in [2.45, 2.75) is 27.2 Å². The van der Waals surface area contributed by atoms with Gasteiger partial charge in [0.05, 0.1) is 11.6 Å². The second-order valence-electron chi connectivity index (χ2n) is 4.59. The lowest BCUT2D eigenvalue weighted by Crippen LogP contribution is -2.01. The van der Waals surface area contributed by atoms with Crippen LogP contribution in [0.2, 0.25) is 0 Å². The molecule has 0 N–H and O–H groups in total. The number of aryl methyl sites for hydroxylation is 3. The summed E-state index contributed by atoms with van der Waals surface area (Å²) >= 11 is 0. The van der Waals surface area contributed by atoms with Gasteiger partial charge in [0.25, 0.3) is 0 Å². The third-order valence-electron chi connectivity index (χ3n) is 3.52. The summed E-state index contributed by atoms with van der Waals surface area (Å²) < 4.78 is 11.0. The van der Waals surface area contributed by atoms with Crippen LogP contribution >= 0.6 is 0 Å². The van der Waals surface area contributed by atoms with Crippen LogP contribution < -0.4 is 5.63 Å². The minimum Gasteiger partial charge on any atom is -0.463 e. The molecular weight excluding hydrogens is 228 g/mol. The summed E-state index contributed by atoms with van der Waals surface area (Å²) in [5, 5.41) is 1.42. The summed E-state index contributed by atoms with van der Waals surface area (Å²) in [6.45, 7) is 5.91. The van der Waals surface area contributed by atoms with Crippen LogP contribution in [0.1, 0.15) is 23.6 Å². The number of benzene rings is 1. The summed E-state index contributed by atoms with van der Waals surface area (Å²) in [4.78, 5) is 12.0. The maximum absolute atomic E-state index is 12.0. The number of fused-ring (bicyclic) bond motifs is 3. The summed E-state index contributed by atoms with van der Waals surface area (Å²) in [6.07, 6.45) is 2.52. The van der Waals surface area contributed by atoms with Crippen molar-refractivity contribution in [3.05, 3.63) is 45.5 Å². The first-order chi connectivity index (χ1) is 8.63. The lowest BCUT2D eigenvalue weighted by molar-refractivity contribution is 0.562. The molecule has 3 aromatic rings. The van der Waals surface area contributed by atoms with Crippen molar-refractivity contribution in [3.8, 4) is 0 Å². The first-order valence-corrected chi connectivity index (χ1v) is 6.06. The molecule has 3 rings (SSSR count). The summed E-state index contributed by atoms with van der Waals surface area (Å²) in [5.41, 5.74) is 3.97. The number of furan rings is 1. The Morgan fingerprint density at radius 1 is 1.17 bits per heavy atom. The third kappa shape index (κ3) is 1.33. The van der Waals surface area contributed by atoms with Crippen LogP contribution in [0.15, 0.2) is 32.0 Å². The minimum absolute atomic E-state index is 0.319. The number of rotatable bonds is 1. The normalized spacial score (nSPS) is 11.5. The van der Waals surface area contributed by atoms with Gasteiger partial charge in [0, 0.05) is 5.56 Å². The summed E-state index contributed by atoms with van der Waals surface area (Å²) in [6, 6.07) is 4.03. The molecule has 1 aromatic carbocycles. The van der Waals surface area contributed by atoms with Gasteiger partial charge in [-0.2, -0.15) is 0 Å². The Morgan fingerprint density at radius 2 is 1.94 bits per heavy atom. The van der Waals surface area contributed by atoms with Crippen LogP contribution in [0.4, 0.5) is 0 Å². The first-order valence-electron chi connectivity index (χ1n) is 6.06. The molecule has 0 spiro atoms. The van der Waals surface area contributed by atoms with E-state index in [1.807, 2.05) is 19.9 Å². The maximum Gasteiger partial charge on any atom is 0.347 e. The predicted octanol–water partition coefficient (Wildman–Crippen LogP) is 3.72. The molecule has 0 atom stereocenters. The molecule has 18 heavy (non-hydrogen) atoms. The molecule has 3 heteroatoms. The zero-order valence-electron chi connectivity index (χ0n) is 10.7. The fourth-order valence-electron chi connectivity index (χ4n) is 2.47. The van der Waals surface area contributed by atoms with E-state index in [2.05, 4.69) is 13.0 Å². The van der Waals surface area contributed by atoms with Crippen LogP contribution in [-0.4, -0.2) is 0 Å². The van der Waals surface area contributed by atoms with Gasteiger partial charge in [-0.25, -0.2) is 4.79 Å². The zero-order chi connectivity index (χ0) is 12.9. The van der Waals surface area contributed by atoms with Gasteiger partial charge in [-0.15, -0.1) is 0 Å². The zero-order valence-corrected chi connectivity index (χ0v) is 10.7. The van der Waals surface area contributed by atoms with E-state index in [1.165, 1.54) is 5.56 Å². The van der Waals surface area contributed by atoms with Crippen molar-refractivity contribution in [1.82, 2.24) is 0 Å². The Balaban J connectivity index is 2.58. The van der Waals surface area contributed by atoms with Gasteiger partial charge in [0.2, 0.25) is 0 Å². The third-order valence-corrected chi connectivity index (χ3v) is 3.52. The van der Waals surface area contributed by atoms with Crippen LogP contribution in [0.5, 0.6) is 0 Å². The average molecular weight is 242 g/mol. The molecule has 0 aliphatic carbocycles. The molecule has 0 unspecified atom stereocenters. The molecule has 0 aliphatic heterocycles. The molecule has 0 radical (unpaired) electrons. The van der Waals surface area contributed by atoms with Gasteiger partial charge in [0.1, 0.15) is 11.0 Å². The van der Waals surface area contributed by atoms with Crippen LogP contribution in [0.3, 0.4) is 0 Å². The van der Waals surface area contributed by atoms with Crippen molar-refractivity contribution in [2.24, 2.45) is 0 Å². The number of hydrogen-bond donors (Lipinski definition) is 0. The molecule has 0 saturated carbocycles. The molecule has 0 saturated heterocycles. The van der Waals surface area contributed by atoms with E-state index < -0.39 is 0 Å². The van der Waals surface area contributed by atoms with E-state index in [9.17, 15) is 4.79 Å². The average Bonchev–Trinajstić information content (AvgIpc) is 2.74. The first kappa shape index (κ1) is 11.1. The second-order valence-corrected chi connectivity index (χ2v) is 4.59. The Morgan fingerprint density at radius 3 is 2.67 bits per heavy atom. The Hall–Kier alpha value is -2.03. The van der Waals surface area contributed by atoms with Gasteiger partial charge in [-0.3, -0.25) is 0 Å². The van der Waals surface area contributed by atoms with Gasteiger partial charge < -0.3 is 8.83 Å². The van der Waals surface area contributed by atoms with E-state index in [0.717, 1.165) is 22.9 Å². The fraction of sp³-hybridized carbons (Fsp3) is 0.267. The molecular formula is C15H14O3. The quantitative estimate of drug-likeness (QED) is 0.611. The molecule has 0 fully saturated rings. The van der Waals surface area contributed by atoms with Crippen LogP contribution in [0.25, 0.3) is 21.9 Å². The lowest BCUT2D eigenvalue weighted by Gasteiger charge is -2.06. The monoisotopic (exact) mass is 242 g/mol. The Labute approximate surface area is 104 Å². The van der Waals surface area contributed by atoms with Crippen LogP contribution in [0, 0.1) is 13.8 Å². The van der Waals surface area contributed by atoms with Crippen LogP contribution in [-0.2, 0) is 6.42 Å². The molecule has 2 heterocycles. The van der Waals surface area contributed by atoms with E-state index >= 15 is 0 Å². The lowest BCUT2D eigenvalue weighted by atomic mass is 10.0. The van der Waals surface area contributed by atoms with E-state index in [1.54, 1.807) is 6.26 Å². The highest BCUT2D eigenvalue weighted by atomic mass is 16.4. The molecule has 92 valence electrons. The van der Waals surface area contributed by atoms with E-state index in [4.69, 9.17) is 8.83 Å². The van der Waals surface area contributed by atoms with Gasteiger partial charge in [0.15, 0.2) is 5.58 Å². The molecule has 0 amide bonds. The Bertz CT molecular complexity index is 806. The van der Waals surface area contributed by atoms with Crippen molar-refractivity contribution in [1.29, 1.82) is 0 Å². The summed E-state index contributed by atoms with van der Waals surface area (Å²) in [5.74, 6) is 0. The SMILES string of the molecule is CCc1ccc2c(oc(=O)c3c(C)coc32)c1C. The van der Waals surface area contributed by atoms with Gasteiger partial charge in [-0.1, -0.05) is 13.0 Å².